The molecule has 0 aliphatic carbocycles. The Morgan fingerprint density at radius 1 is 1.35 bits per heavy atom. The van der Waals surface area contributed by atoms with Gasteiger partial charge in [-0.15, -0.1) is 24.8 Å². The Labute approximate surface area is 105 Å². The van der Waals surface area contributed by atoms with Gasteiger partial charge in [0.05, 0.1) is 5.88 Å². The quantitative estimate of drug-likeness (QED) is 0.791. The van der Waals surface area contributed by atoms with Crippen LogP contribution in [-0.2, 0) is 11.2 Å². The van der Waals surface area contributed by atoms with Crippen LogP contribution in [0.2, 0.25) is 5.02 Å². The summed E-state index contributed by atoms with van der Waals surface area (Å²) in [5.74, 6) is -0.974. The number of ether oxygens (including phenoxy) is 1. The number of carbonyl (C=O) groups excluding carboxylic acids is 1. The number of Topliss-reactive ketones (excluding diaryl/α,β-unsaturated/α-hetero) is 1. The van der Waals surface area contributed by atoms with E-state index in [1.165, 1.54) is 6.07 Å². The van der Waals surface area contributed by atoms with Crippen molar-refractivity contribution < 1.29 is 22.7 Å². The summed E-state index contributed by atoms with van der Waals surface area (Å²) in [5.41, 5.74) is 0.249. The van der Waals surface area contributed by atoms with Crippen LogP contribution in [0.25, 0.3) is 0 Å². The van der Waals surface area contributed by atoms with Crippen LogP contribution in [0.15, 0.2) is 18.2 Å². The number of ketones is 1. The molecule has 0 bridgehead atoms. The standard InChI is InChI=1S/C10H7Cl2F3O2/c11-5-7(16)3-6-4-8(1-2-9(6)12)17-10(13,14)15/h1-2,4H,3,5H2. The first-order valence-electron chi connectivity index (χ1n) is 4.43. The second-order valence-corrected chi connectivity index (χ2v) is 3.82. The molecule has 94 valence electrons. The summed E-state index contributed by atoms with van der Waals surface area (Å²) >= 11 is 11.0. The topological polar surface area (TPSA) is 26.3 Å². The number of alkyl halides is 4. The second kappa shape index (κ2) is 5.60. The van der Waals surface area contributed by atoms with Crippen molar-refractivity contribution >= 4 is 29.0 Å². The lowest BCUT2D eigenvalue weighted by Crippen LogP contribution is -2.17. The van der Waals surface area contributed by atoms with Crippen molar-refractivity contribution in [1.29, 1.82) is 0 Å². The van der Waals surface area contributed by atoms with Gasteiger partial charge in [0.2, 0.25) is 0 Å². The Balaban J connectivity index is 2.90. The van der Waals surface area contributed by atoms with Gasteiger partial charge in [-0.1, -0.05) is 11.6 Å². The summed E-state index contributed by atoms with van der Waals surface area (Å²) in [7, 11) is 0. The molecule has 0 radical (unpaired) electrons. The number of carbonyl (C=O) groups is 1. The molecule has 0 fully saturated rings. The number of rotatable bonds is 4. The average Bonchev–Trinajstić information content (AvgIpc) is 2.20. The molecule has 17 heavy (non-hydrogen) atoms. The van der Waals surface area contributed by atoms with Gasteiger partial charge in [-0.25, -0.2) is 0 Å². The molecule has 0 N–H and O–H groups in total. The predicted octanol–water partition coefficient (Wildman–Crippen LogP) is 3.59. The first-order chi connectivity index (χ1) is 7.81. The maximum atomic E-state index is 12.0. The van der Waals surface area contributed by atoms with E-state index in [1.54, 1.807) is 0 Å². The molecule has 7 heteroatoms. The van der Waals surface area contributed by atoms with Crippen LogP contribution in [-0.4, -0.2) is 18.0 Å². The van der Waals surface area contributed by atoms with E-state index in [9.17, 15) is 18.0 Å². The smallest absolute Gasteiger partial charge is 0.406 e. The highest BCUT2D eigenvalue weighted by atomic mass is 35.5. The molecule has 0 saturated carbocycles. The van der Waals surface area contributed by atoms with Crippen molar-refractivity contribution in [2.24, 2.45) is 0 Å². The van der Waals surface area contributed by atoms with Gasteiger partial charge >= 0.3 is 6.36 Å². The zero-order valence-electron chi connectivity index (χ0n) is 8.35. The van der Waals surface area contributed by atoms with Crippen LogP contribution in [0.1, 0.15) is 5.56 Å². The zero-order chi connectivity index (χ0) is 13.1. The zero-order valence-corrected chi connectivity index (χ0v) is 9.86. The largest absolute Gasteiger partial charge is 0.573 e. The van der Waals surface area contributed by atoms with Crippen LogP contribution in [0, 0.1) is 0 Å². The molecule has 0 atom stereocenters. The number of halogens is 5. The fourth-order valence-corrected chi connectivity index (χ4v) is 1.42. The highest BCUT2D eigenvalue weighted by Crippen LogP contribution is 2.27. The minimum absolute atomic E-state index is 0.128. The van der Waals surface area contributed by atoms with E-state index in [1.807, 2.05) is 0 Å². The van der Waals surface area contributed by atoms with E-state index in [0.717, 1.165) is 12.1 Å². The third kappa shape index (κ3) is 4.83. The van der Waals surface area contributed by atoms with E-state index in [-0.39, 0.29) is 28.7 Å². The minimum Gasteiger partial charge on any atom is -0.406 e. The monoisotopic (exact) mass is 286 g/mol. The van der Waals surface area contributed by atoms with Crippen LogP contribution in [0.3, 0.4) is 0 Å². The van der Waals surface area contributed by atoms with Gasteiger partial charge in [-0.3, -0.25) is 4.79 Å². The van der Waals surface area contributed by atoms with E-state index in [2.05, 4.69) is 4.74 Å². The molecule has 0 unspecified atom stereocenters. The van der Waals surface area contributed by atoms with Crippen molar-refractivity contribution in [3.8, 4) is 5.75 Å². The van der Waals surface area contributed by atoms with Gasteiger partial charge in [0.1, 0.15) is 5.75 Å². The lowest BCUT2D eigenvalue weighted by molar-refractivity contribution is -0.274. The summed E-state index contributed by atoms with van der Waals surface area (Å²) in [6.45, 7) is 0. The molecule has 0 aromatic heterocycles. The predicted molar refractivity (Wildman–Crippen MR) is 57.6 cm³/mol. The lowest BCUT2D eigenvalue weighted by Gasteiger charge is -2.10. The van der Waals surface area contributed by atoms with E-state index >= 15 is 0 Å². The van der Waals surface area contributed by atoms with Crippen molar-refractivity contribution in [3.63, 3.8) is 0 Å². The summed E-state index contributed by atoms with van der Waals surface area (Å²) in [6, 6.07) is 3.38. The second-order valence-electron chi connectivity index (χ2n) is 3.15. The maximum Gasteiger partial charge on any atom is 0.573 e. The van der Waals surface area contributed by atoms with Crippen molar-refractivity contribution in [2.45, 2.75) is 12.8 Å². The van der Waals surface area contributed by atoms with E-state index in [0.29, 0.717) is 0 Å². The summed E-state index contributed by atoms with van der Waals surface area (Å²) in [5, 5.41) is 0.193. The molecule has 1 aromatic rings. The third-order valence-corrected chi connectivity index (χ3v) is 2.45. The Morgan fingerprint density at radius 3 is 2.53 bits per heavy atom. The highest BCUT2D eigenvalue weighted by molar-refractivity contribution is 6.32. The van der Waals surface area contributed by atoms with Gasteiger partial charge in [-0.2, -0.15) is 0 Å². The molecule has 1 aromatic carbocycles. The molecule has 0 saturated heterocycles. The highest BCUT2D eigenvalue weighted by Gasteiger charge is 2.31. The van der Waals surface area contributed by atoms with Crippen LogP contribution >= 0.6 is 23.2 Å². The molecule has 0 aliphatic rings. The van der Waals surface area contributed by atoms with Crippen LogP contribution in [0.5, 0.6) is 5.75 Å². The molecule has 0 amide bonds. The Hall–Kier alpha value is -0.940. The number of hydrogen-bond donors (Lipinski definition) is 0. The fraction of sp³-hybridized carbons (Fsp3) is 0.300. The SMILES string of the molecule is O=C(CCl)Cc1cc(OC(F)(F)F)ccc1Cl. The van der Waals surface area contributed by atoms with E-state index < -0.39 is 12.1 Å². The summed E-state index contributed by atoms with van der Waals surface area (Å²) < 4.78 is 39.6. The summed E-state index contributed by atoms with van der Waals surface area (Å²) in [4.78, 5) is 11.1. The fourth-order valence-electron chi connectivity index (χ4n) is 1.14. The number of benzene rings is 1. The molecule has 2 nitrogen and oxygen atoms in total. The van der Waals surface area contributed by atoms with Gasteiger partial charge in [-0.05, 0) is 23.8 Å². The van der Waals surface area contributed by atoms with Gasteiger partial charge in [0.15, 0.2) is 5.78 Å². The Kier molecular flexibility index (Phi) is 4.65. The number of hydrogen-bond acceptors (Lipinski definition) is 2. The van der Waals surface area contributed by atoms with Gasteiger partial charge in [0.25, 0.3) is 0 Å². The Bertz CT molecular complexity index is 419. The van der Waals surface area contributed by atoms with Crippen molar-refractivity contribution in [2.75, 3.05) is 5.88 Å². The molecular formula is C10H7Cl2F3O2. The molecular weight excluding hydrogens is 280 g/mol. The van der Waals surface area contributed by atoms with Crippen molar-refractivity contribution in [1.82, 2.24) is 0 Å². The van der Waals surface area contributed by atoms with Crippen LogP contribution < -0.4 is 4.74 Å². The lowest BCUT2D eigenvalue weighted by atomic mass is 10.1. The minimum atomic E-state index is -4.78. The summed E-state index contributed by atoms with van der Waals surface area (Å²) in [6.07, 6.45) is -4.90. The molecule has 1 rings (SSSR count). The first-order valence-corrected chi connectivity index (χ1v) is 5.35. The third-order valence-electron chi connectivity index (χ3n) is 1.79. The Morgan fingerprint density at radius 2 is 2.00 bits per heavy atom. The van der Waals surface area contributed by atoms with E-state index in [4.69, 9.17) is 23.2 Å². The normalized spacial score (nSPS) is 11.4. The van der Waals surface area contributed by atoms with Crippen molar-refractivity contribution in [3.05, 3.63) is 28.8 Å². The molecule has 0 heterocycles. The van der Waals surface area contributed by atoms with Gasteiger partial charge < -0.3 is 4.74 Å². The maximum absolute atomic E-state index is 12.0. The van der Waals surface area contributed by atoms with Crippen LogP contribution in [0.4, 0.5) is 13.2 Å². The first kappa shape index (κ1) is 14.1. The average molecular weight is 287 g/mol. The molecule has 0 aliphatic heterocycles. The molecule has 0 spiro atoms. The van der Waals surface area contributed by atoms with Gasteiger partial charge in [0, 0.05) is 11.4 Å².